The molecule has 0 radical (unpaired) electrons. The fraction of sp³-hybridized carbons (Fsp3) is 0.348. The van der Waals surface area contributed by atoms with E-state index in [1.807, 2.05) is 26.8 Å². The van der Waals surface area contributed by atoms with E-state index in [1.165, 1.54) is 24.3 Å². The lowest BCUT2D eigenvalue weighted by Gasteiger charge is -2.12. The molecule has 1 N–H and O–H groups in total. The number of aromatic nitrogens is 2. The maximum Gasteiger partial charge on any atom is 0.358 e. The summed E-state index contributed by atoms with van der Waals surface area (Å²) >= 11 is 0. The van der Waals surface area contributed by atoms with E-state index in [-0.39, 0.29) is 18.4 Å². The number of esters is 1. The fourth-order valence-corrected chi connectivity index (χ4v) is 3.29. The first-order chi connectivity index (χ1) is 14.8. The number of ether oxygens (including phenoxy) is 2. The van der Waals surface area contributed by atoms with E-state index >= 15 is 0 Å². The van der Waals surface area contributed by atoms with E-state index < -0.39 is 17.7 Å². The average molecular weight is 427 g/mol. The first kappa shape index (κ1) is 22.3. The van der Waals surface area contributed by atoms with Gasteiger partial charge in [-0.2, -0.15) is 0 Å². The Bertz CT molecular complexity index is 1120. The number of hydrogen-bond acceptors (Lipinski definition) is 5. The molecule has 2 heterocycles. The van der Waals surface area contributed by atoms with E-state index in [0.29, 0.717) is 34.6 Å². The quantitative estimate of drug-likeness (QED) is 0.562. The van der Waals surface area contributed by atoms with Crippen LogP contribution in [0.5, 0.6) is 5.75 Å². The second-order valence-corrected chi connectivity index (χ2v) is 7.30. The summed E-state index contributed by atoms with van der Waals surface area (Å²) in [5.74, 6) is -0.663. The number of anilines is 1. The van der Waals surface area contributed by atoms with Crippen LogP contribution >= 0.6 is 0 Å². The zero-order valence-corrected chi connectivity index (χ0v) is 18.3. The van der Waals surface area contributed by atoms with Crippen LogP contribution in [0.25, 0.3) is 11.0 Å². The van der Waals surface area contributed by atoms with Gasteiger partial charge in [0, 0.05) is 12.6 Å². The van der Waals surface area contributed by atoms with E-state index in [0.717, 1.165) is 5.56 Å². The van der Waals surface area contributed by atoms with Crippen molar-refractivity contribution in [3.8, 4) is 5.75 Å². The molecular weight excluding hydrogens is 401 g/mol. The van der Waals surface area contributed by atoms with Crippen LogP contribution < -0.4 is 10.1 Å². The number of aryl methyl sites for hydroxylation is 2. The Kier molecular flexibility index (Phi) is 6.58. The van der Waals surface area contributed by atoms with Crippen LogP contribution in [0.1, 0.15) is 54.1 Å². The van der Waals surface area contributed by atoms with Gasteiger partial charge in [-0.25, -0.2) is 14.2 Å². The summed E-state index contributed by atoms with van der Waals surface area (Å²) in [5, 5.41) is 2.80. The molecule has 0 bridgehead atoms. The minimum atomic E-state index is -0.506. The highest BCUT2D eigenvalue weighted by Crippen LogP contribution is 2.35. The van der Waals surface area contributed by atoms with Crippen LogP contribution in [-0.2, 0) is 18.2 Å². The van der Waals surface area contributed by atoms with Gasteiger partial charge in [0.25, 0.3) is 5.91 Å². The summed E-state index contributed by atoms with van der Waals surface area (Å²) < 4.78 is 26.0. The van der Waals surface area contributed by atoms with Gasteiger partial charge in [0.05, 0.1) is 18.2 Å². The zero-order valence-electron chi connectivity index (χ0n) is 18.3. The lowest BCUT2D eigenvalue weighted by atomic mass is 10.1. The highest BCUT2D eigenvalue weighted by Gasteiger charge is 2.27. The van der Waals surface area contributed by atoms with Crippen LogP contribution in [0.3, 0.4) is 0 Å². The predicted octanol–water partition coefficient (Wildman–Crippen LogP) is 4.49. The first-order valence-electron chi connectivity index (χ1n) is 10.2. The van der Waals surface area contributed by atoms with Crippen molar-refractivity contribution in [2.75, 3.05) is 11.9 Å². The average Bonchev–Trinajstić information content (AvgIpc) is 2.98. The summed E-state index contributed by atoms with van der Waals surface area (Å²) in [4.78, 5) is 29.9. The number of carbonyl (C=O) groups excluding carboxylic acids is 2. The Morgan fingerprint density at radius 3 is 2.45 bits per heavy atom. The summed E-state index contributed by atoms with van der Waals surface area (Å²) in [7, 11) is 1.75. The highest BCUT2D eigenvalue weighted by atomic mass is 19.1. The van der Waals surface area contributed by atoms with Crippen LogP contribution in [-0.4, -0.2) is 34.1 Å². The van der Waals surface area contributed by atoms with Gasteiger partial charge in [0.15, 0.2) is 11.4 Å². The first-order valence-corrected chi connectivity index (χ1v) is 10.2. The number of rotatable bonds is 7. The molecule has 0 spiro atoms. The Morgan fingerprint density at radius 2 is 1.87 bits per heavy atom. The molecule has 164 valence electrons. The molecule has 0 saturated carbocycles. The van der Waals surface area contributed by atoms with Crippen molar-refractivity contribution in [3.63, 3.8) is 0 Å². The molecule has 1 amide bonds. The van der Waals surface area contributed by atoms with Crippen LogP contribution in [0.15, 0.2) is 30.3 Å². The Balaban J connectivity index is 2.13. The molecule has 1 aromatic carbocycles. The van der Waals surface area contributed by atoms with Crippen LogP contribution in [0.4, 0.5) is 10.2 Å². The number of amides is 1. The molecule has 8 heteroatoms. The summed E-state index contributed by atoms with van der Waals surface area (Å²) in [5.41, 5.74) is 2.50. The Morgan fingerprint density at radius 1 is 1.19 bits per heavy atom. The molecule has 31 heavy (non-hydrogen) atoms. The standard InChI is InChI=1S/C23H26FN3O4/c1-6-14-12-17-18(20(31-13(3)4)19(27(17)5)23(29)30-7-2)25-21(14)26-22(28)15-8-10-16(24)11-9-15/h8-13H,6-7H2,1-5H3,(H,25,26,28). The predicted molar refractivity (Wildman–Crippen MR) is 116 cm³/mol. The molecule has 2 aromatic heterocycles. The van der Waals surface area contributed by atoms with Crippen molar-refractivity contribution < 1.29 is 23.5 Å². The number of pyridine rings is 1. The monoisotopic (exact) mass is 427 g/mol. The van der Waals surface area contributed by atoms with Crippen molar-refractivity contribution in [2.45, 2.75) is 40.2 Å². The number of nitrogens with one attached hydrogen (secondary N) is 1. The molecule has 0 aliphatic heterocycles. The third-order valence-electron chi connectivity index (χ3n) is 4.75. The van der Waals surface area contributed by atoms with Crippen molar-refractivity contribution in [2.24, 2.45) is 7.05 Å². The maximum absolute atomic E-state index is 13.2. The number of benzene rings is 1. The molecular formula is C23H26FN3O4. The molecule has 3 aromatic rings. The van der Waals surface area contributed by atoms with Crippen molar-refractivity contribution in [1.82, 2.24) is 9.55 Å². The van der Waals surface area contributed by atoms with E-state index in [2.05, 4.69) is 10.3 Å². The maximum atomic E-state index is 13.2. The normalized spacial score (nSPS) is 11.1. The number of hydrogen-bond donors (Lipinski definition) is 1. The van der Waals surface area contributed by atoms with Gasteiger partial charge in [-0.05, 0) is 63.1 Å². The molecule has 7 nitrogen and oxygen atoms in total. The van der Waals surface area contributed by atoms with Crippen LogP contribution in [0.2, 0.25) is 0 Å². The van der Waals surface area contributed by atoms with Gasteiger partial charge >= 0.3 is 5.97 Å². The van der Waals surface area contributed by atoms with Gasteiger partial charge in [0.1, 0.15) is 17.2 Å². The smallest absolute Gasteiger partial charge is 0.358 e. The lowest BCUT2D eigenvalue weighted by molar-refractivity contribution is 0.0509. The highest BCUT2D eigenvalue weighted by molar-refractivity contribution is 6.05. The zero-order chi connectivity index (χ0) is 22.7. The molecule has 0 fully saturated rings. The summed E-state index contributed by atoms with van der Waals surface area (Å²) in [6, 6.07) is 7.14. The largest absolute Gasteiger partial charge is 0.486 e. The van der Waals surface area contributed by atoms with Crippen molar-refractivity contribution >= 4 is 28.7 Å². The number of nitrogens with zero attached hydrogens (tertiary/aromatic N) is 2. The van der Waals surface area contributed by atoms with E-state index in [1.54, 1.807) is 18.5 Å². The van der Waals surface area contributed by atoms with Crippen molar-refractivity contribution in [3.05, 3.63) is 53.0 Å². The molecule has 0 saturated heterocycles. The van der Waals surface area contributed by atoms with Gasteiger partial charge in [0.2, 0.25) is 0 Å². The van der Waals surface area contributed by atoms with Gasteiger partial charge < -0.3 is 19.4 Å². The summed E-state index contributed by atoms with van der Waals surface area (Å²) in [6.07, 6.45) is 0.395. The van der Waals surface area contributed by atoms with Crippen LogP contribution in [0, 0.1) is 5.82 Å². The van der Waals surface area contributed by atoms with Gasteiger partial charge in [-0.1, -0.05) is 6.92 Å². The van der Waals surface area contributed by atoms with E-state index in [9.17, 15) is 14.0 Å². The third kappa shape index (κ3) is 4.52. The fourth-order valence-electron chi connectivity index (χ4n) is 3.29. The van der Waals surface area contributed by atoms with E-state index in [4.69, 9.17) is 9.47 Å². The second kappa shape index (κ2) is 9.16. The van der Waals surface area contributed by atoms with Gasteiger partial charge in [-0.15, -0.1) is 0 Å². The SMILES string of the molecule is CCOC(=O)c1c(OC(C)C)c2nc(NC(=O)c3ccc(F)cc3)c(CC)cc2n1C. The number of halogens is 1. The van der Waals surface area contributed by atoms with Crippen molar-refractivity contribution in [1.29, 1.82) is 0 Å². The molecule has 3 rings (SSSR count). The minimum absolute atomic E-state index is 0.205. The number of carbonyl (C=O) groups is 2. The second-order valence-electron chi connectivity index (χ2n) is 7.30. The molecule has 0 aliphatic rings. The molecule has 0 aliphatic carbocycles. The third-order valence-corrected chi connectivity index (χ3v) is 4.75. The Hall–Kier alpha value is -3.42. The number of fused-ring (bicyclic) bond motifs is 1. The minimum Gasteiger partial charge on any atom is -0.486 e. The topological polar surface area (TPSA) is 82.5 Å². The molecule has 0 atom stereocenters. The lowest BCUT2D eigenvalue weighted by Crippen LogP contribution is -2.15. The summed E-state index contributed by atoms with van der Waals surface area (Å²) in [6.45, 7) is 7.61. The van der Waals surface area contributed by atoms with Gasteiger partial charge in [-0.3, -0.25) is 4.79 Å². The molecule has 0 unspecified atom stereocenters. The Labute approximate surface area is 180 Å².